The summed E-state index contributed by atoms with van der Waals surface area (Å²) in [6.07, 6.45) is 4.19. The van der Waals surface area contributed by atoms with E-state index in [9.17, 15) is 9.90 Å². The molecule has 0 aromatic carbocycles. The molecule has 1 aromatic heterocycles. The van der Waals surface area contributed by atoms with E-state index in [4.69, 9.17) is 16.9 Å². The molecule has 0 spiro atoms. The molecule has 20 heavy (non-hydrogen) atoms. The third-order valence-corrected chi connectivity index (χ3v) is 4.29. The van der Waals surface area contributed by atoms with Crippen molar-refractivity contribution in [2.24, 2.45) is 5.92 Å². The van der Waals surface area contributed by atoms with Gasteiger partial charge in [0, 0.05) is 6.20 Å². The van der Waals surface area contributed by atoms with Crippen LogP contribution < -0.4 is 5.32 Å². The van der Waals surface area contributed by atoms with Gasteiger partial charge in [0.1, 0.15) is 22.4 Å². The monoisotopic (exact) mass is 293 g/mol. The number of pyridine rings is 1. The summed E-state index contributed by atoms with van der Waals surface area (Å²) in [6, 6.07) is 3.47. The molecule has 1 aliphatic carbocycles. The number of carbonyl (C=O) groups is 1. The average molecular weight is 294 g/mol. The number of nitriles is 1. The lowest BCUT2D eigenvalue weighted by atomic mass is 9.77. The van der Waals surface area contributed by atoms with Crippen LogP contribution in [0.25, 0.3) is 0 Å². The largest absolute Gasteiger partial charge is 0.480 e. The molecular formula is C14H16ClN3O2. The average Bonchev–Trinajstić information content (AvgIpc) is 2.43. The van der Waals surface area contributed by atoms with Crippen molar-refractivity contribution in [1.29, 1.82) is 5.26 Å². The van der Waals surface area contributed by atoms with Crippen LogP contribution in [0.4, 0.5) is 5.82 Å². The first-order valence-electron chi connectivity index (χ1n) is 6.55. The Morgan fingerprint density at radius 1 is 1.60 bits per heavy atom. The second-order valence-corrected chi connectivity index (χ2v) is 5.71. The van der Waals surface area contributed by atoms with E-state index in [2.05, 4.69) is 17.2 Å². The summed E-state index contributed by atoms with van der Waals surface area (Å²) in [4.78, 5) is 15.7. The van der Waals surface area contributed by atoms with Crippen molar-refractivity contribution in [3.05, 3.63) is 22.8 Å². The maximum absolute atomic E-state index is 11.7. The van der Waals surface area contributed by atoms with Crippen molar-refractivity contribution < 1.29 is 9.90 Å². The summed E-state index contributed by atoms with van der Waals surface area (Å²) in [5, 5.41) is 21.6. The summed E-state index contributed by atoms with van der Waals surface area (Å²) >= 11 is 6.08. The Morgan fingerprint density at radius 2 is 2.25 bits per heavy atom. The lowest BCUT2D eigenvalue weighted by Crippen LogP contribution is -2.49. The zero-order valence-corrected chi connectivity index (χ0v) is 11.9. The van der Waals surface area contributed by atoms with E-state index < -0.39 is 11.5 Å². The molecule has 1 saturated carbocycles. The van der Waals surface area contributed by atoms with Crippen LogP contribution in [-0.2, 0) is 4.79 Å². The van der Waals surface area contributed by atoms with E-state index in [0.29, 0.717) is 18.8 Å². The van der Waals surface area contributed by atoms with Gasteiger partial charge in [-0.2, -0.15) is 5.26 Å². The van der Waals surface area contributed by atoms with E-state index in [1.807, 2.05) is 6.07 Å². The Morgan fingerprint density at radius 3 is 2.80 bits per heavy atom. The minimum Gasteiger partial charge on any atom is -0.480 e. The van der Waals surface area contributed by atoms with Crippen LogP contribution >= 0.6 is 11.6 Å². The normalized spacial score (nSPS) is 25.8. The van der Waals surface area contributed by atoms with Crippen molar-refractivity contribution in [3.8, 4) is 6.07 Å². The molecule has 106 valence electrons. The molecule has 1 aromatic rings. The van der Waals surface area contributed by atoms with Crippen LogP contribution in [0.1, 0.15) is 38.2 Å². The van der Waals surface area contributed by atoms with Gasteiger partial charge in [-0.25, -0.2) is 9.78 Å². The van der Waals surface area contributed by atoms with E-state index in [1.165, 1.54) is 12.3 Å². The highest BCUT2D eigenvalue weighted by atomic mass is 35.5. The molecule has 1 aliphatic rings. The van der Waals surface area contributed by atoms with Gasteiger partial charge < -0.3 is 10.4 Å². The van der Waals surface area contributed by atoms with Crippen LogP contribution in [0.3, 0.4) is 0 Å². The van der Waals surface area contributed by atoms with Gasteiger partial charge >= 0.3 is 5.97 Å². The second kappa shape index (κ2) is 5.68. The molecule has 0 saturated heterocycles. The minimum atomic E-state index is -1.04. The zero-order chi connectivity index (χ0) is 14.8. The molecule has 1 heterocycles. The number of hydrogen-bond donors (Lipinski definition) is 2. The number of hydrogen-bond acceptors (Lipinski definition) is 4. The van der Waals surface area contributed by atoms with Gasteiger partial charge in [0.15, 0.2) is 0 Å². The molecule has 1 fully saturated rings. The first kappa shape index (κ1) is 14.6. The molecule has 0 radical (unpaired) electrons. The first-order valence-corrected chi connectivity index (χ1v) is 6.92. The lowest BCUT2D eigenvalue weighted by molar-refractivity contribution is -0.143. The predicted molar refractivity (Wildman–Crippen MR) is 75.6 cm³/mol. The minimum absolute atomic E-state index is 0.175. The SMILES string of the molecule is CC1CCC(Nc2nccc(C#N)c2Cl)(C(=O)O)CC1. The van der Waals surface area contributed by atoms with Gasteiger partial charge in [0.25, 0.3) is 0 Å². The van der Waals surface area contributed by atoms with E-state index in [0.717, 1.165) is 12.8 Å². The fourth-order valence-electron chi connectivity index (χ4n) is 2.49. The number of nitrogens with one attached hydrogen (secondary N) is 1. The molecule has 0 amide bonds. The zero-order valence-electron chi connectivity index (χ0n) is 11.2. The highest BCUT2D eigenvalue weighted by Gasteiger charge is 2.41. The first-order chi connectivity index (χ1) is 9.48. The summed E-state index contributed by atoms with van der Waals surface area (Å²) < 4.78 is 0. The maximum atomic E-state index is 11.7. The van der Waals surface area contributed by atoms with Gasteiger partial charge in [0.2, 0.25) is 0 Å². The maximum Gasteiger partial charge on any atom is 0.329 e. The number of nitrogens with zero attached hydrogens (tertiary/aromatic N) is 2. The van der Waals surface area contributed by atoms with Crippen molar-refractivity contribution in [2.75, 3.05) is 5.32 Å². The Kier molecular flexibility index (Phi) is 4.15. The third-order valence-electron chi connectivity index (χ3n) is 3.90. The van der Waals surface area contributed by atoms with Crippen molar-refractivity contribution in [2.45, 2.75) is 38.1 Å². The number of anilines is 1. The van der Waals surface area contributed by atoms with Crippen molar-refractivity contribution in [1.82, 2.24) is 4.98 Å². The fourth-order valence-corrected chi connectivity index (χ4v) is 2.69. The molecule has 2 rings (SSSR count). The van der Waals surface area contributed by atoms with Crippen LogP contribution in [0.2, 0.25) is 5.02 Å². The Hall–Kier alpha value is -1.80. The number of aromatic nitrogens is 1. The van der Waals surface area contributed by atoms with Gasteiger partial charge in [-0.05, 0) is 37.7 Å². The van der Waals surface area contributed by atoms with E-state index in [1.54, 1.807) is 0 Å². The van der Waals surface area contributed by atoms with E-state index >= 15 is 0 Å². The third kappa shape index (κ3) is 2.70. The number of carboxylic acid groups (broad SMARTS) is 1. The van der Waals surface area contributed by atoms with Gasteiger partial charge in [-0.15, -0.1) is 0 Å². The molecule has 0 unspecified atom stereocenters. The summed E-state index contributed by atoms with van der Waals surface area (Å²) in [7, 11) is 0. The van der Waals surface area contributed by atoms with Gasteiger partial charge in [-0.1, -0.05) is 18.5 Å². The molecule has 0 bridgehead atoms. The predicted octanol–water partition coefficient (Wildman–Crippen LogP) is 3.05. The molecule has 0 aliphatic heterocycles. The highest BCUT2D eigenvalue weighted by Crippen LogP contribution is 2.36. The number of aliphatic carboxylic acids is 1. The van der Waals surface area contributed by atoms with Crippen LogP contribution in [0.15, 0.2) is 12.3 Å². The fraction of sp³-hybridized carbons (Fsp3) is 0.500. The van der Waals surface area contributed by atoms with Crippen LogP contribution in [-0.4, -0.2) is 21.6 Å². The smallest absolute Gasteiger partial charge is 0.329 e. The Labute approximate surface area is 122 Å². The molecule has 2 N–H and O–H groups in total. The molecule has 6 heteroatoms. The highest BCUT2D eigenvalue weighted by molar-refractivity contribution is 6.34. The molecule has 0 atom stereocenters. The van der Waals surface area contributed by atoms with Crippen molar-refractivity contribution >= 4 is 23.4 Å². The summed E-state index contributed by atoms with van der Waals surface area (Å²) in [5.41, 5.74) is -0.758. The Bertz CT molecular complexity index is 560. The quantitative estimate of drug-likeness (QED) is 0.894. The Balaban J connectivity index is 2.30. The van der Waals surface area contributed by atoms with Crippen LogP contribution in [0, 0.1) is 17.2 Å². The summed E-state index contributed by atoms with van der Waals surface area (Å²) in [6.45, 7) is 2.12. The van der Waals surface area contributed by atoms with Gasteiger partial charge in [0.05, 0.1) is 5.56 Å². The standard InChI is InChI=1S/C14H16ClN3O2/c1-9-2-5-14(6-3-9,13(19)20)18-12-11(15)10(8-16)4-7-17-12/h4,7,9H,2-3,5-6H2,1H3,(H,17,18)(H,19,20). The number of carboxylic acids is 1. The second-order valence-electron chi connectivity index (χ2n) is 5.33. The topological polar surface area (TPSA) is 86.0 Å². The van der Waals surface area contributed by atoms with E-state index in [-0.39, 0.29) is 16.4 Å². The van der Waals surface area contributed by atoms with Crippen molar-refractivity contribution in [3.63, 3.8) is 0 Å². The lowest BCUT2D eigenvalue weighted by Gasteiger charge is -2.37. The molecule has 5 nitrogen and oxygen atoms in total. The number of rotatable bonds is 3. The molecular weight excluding hydrogens is 278 g/mol. The van der Waals surface area contributed by atoms with Gasteiger partial charge in [-0.3, -0.25) is 0 Å². The summed E-state index contributed by atoms with van der Waals surface area (Å²) in [5.74, 6) is -0.106. The van der Waals surface area contributed by atoms with Crippen LogP contribution in [0.5, 0.6) is 0 Å². The number of halogens is 1.